The van der Waals surface area contributed by atoms with E-state index in [1.165, 1.54) is 38.9 Å². The number of rotatable bonds is 9. The number of hydrogen-bond donors (Lipinski definition) is 2. The van der Waals surface area contributed by atoms with E-state index in [0.29, 0.717) is 6.37 Å². The van der Waals surface area contributed by atoms with E-state index in [4.69, 9.17) is 5.41 Å². The smallest absolute Gasteiger partial charge is 0.0465 e. The van der Waals surface area contributed by atoms with Gasteiger partial charge in [-0.2, -0.15) is 0 Å². The Balaban J connectivity index is 2.31. The Morgan fingerprint density at radius 3 is 2.41 bits per heavy atom. The van der Waals surface area contributed by atoms with Crippen molar-refractivity contribution in [2.24, 2.45) is 0 Å². The molecule has 0 aliphatic carbocycles. The third-order valence-corrected chi connectivity index (χ3v) is 7.29. The molecule has 0 aliphatic rings. The summed E-state index contributed by atoms with van der Waals surface area (Å²) in [7, 11) is 0. The van der Waals surface area contributed by atoms with Crippen molar-refractivity contribution in [1.82, 2.24) is 0 Å². The molecule has 0 saturated heterocycles. The second-order valence-electron chi connectivity index (χ2n) is 7.20. The minimum atomic E-state index is 0.564. The molecular formula is C27H28IN2PS. The van der Waals surface area contributed by atoms with Gasteiger partial charge in [-0.3, -0.25) is 0 Å². The standard InChI is InChI=1S/C27H28IN2PS/c1-4-8-19-11-13-20(14-12-19)27(21-15-16-25(30-31-28)22(17-21)18-29)23(5-2)24-9-6-7-10-26(24)32-3/h4,6-18,29-31H,5H2,1-3H3/b8-4+,27-23+,29-18?. The van der Waals surface area contributed by atoms with Crippen molar-refractivity contribution in [3.05, 3.63) is 101 Å². The average Bonchev–Trinajstić information content (AvgIpc) is 2.84. The number of thioether (sulfide) groups is 1. The molecule has 2 nitrogen and oxygen atoms in total. The minimum absolute atomic E-state index is 0.564. The van der Waals surface area contributed by atoms with E-state index in [9.17, 15) is 0 Å². The van der Waals surface area contributed by atoms with Crippen LogP contribution < -0.4 is 5.09 Å². The molecule has 0 aromatic heterocycles. The van der Waals surface area contributed by atoms with Gasteiger partial charge in [0.1, 0.15) is 0 Å². The summed E-state index contributed by atoms with van der Waals surface area (Å²) < 4.78 is 0. The fraction of sp³-hybridized carbons (Fsp3) is 0.148. The Labute approximate surface area is 210 Å². The lowest BCUT2D eigenvalue weighted by Crippen LogP contribution is -1.99. The fourth-order valence-electron chi connectivity index (χ4n) is 3.87. The first kappa shape index (κ1) is 24.8. The highest BCUT2D eigenvalue weighted by atomic mass is 127. The Morgan fingerprint density at radius 1 is 1.06 bits per heavy atom. The lowest BCUT2D eigenvalue weighted by molar-refractivity contribution is 1.21. The summed E-state index contributed by atoms with van der Waals surface area (Å²) in [4.78, 5) is 1.28. The highest BCUT2D eigenvalue weighted by Crippen LogP contribution is 2.39. The van der Waals surface area contributed by atoms with Crippen LogP contribution in [0.2, 0.25) is 0 Å². The zero-order valence-electron chi connectivity index (χ0n) is 18.6. The SMILES string of the molecule is C/C=C/c1ccc(/C(=C(/CC)c2ccccc2SC)c2ccc(NPI)c(C=N)c2)cc1. The van der Waals surface area contributed by atoms with Gasteiger partial charge >= 0.3 is 0 Å². The van der Waals surface area contributed by atoms with E-state index in [1.54, 1.807) is 11.8 Å². The van der Waals surface area contributed by atoms with Crippen LogP contribution in [0.4, 0.5) is 5.69 Å². The normalized spacial score (nSPS) is 12.4. The van der Waals surface area contributed by atoms with Gasteiger partial charge in [0.25, 0.3) is 0 Å². The molecule has 0 spiro atoms. The summed E-state index contributed by atoms with van der Waals surface area (Å²) in [5.41, 5.74) is 9.26. The van der Waals surface area contributed by atoms with Gasteiger partial charge in [0, 0.05) is 28.7 Å². The van der Waals surface area contributed by atoms with Crippen LogP contribution in [0.1, 0.15) is 48.1 Å². The van der Waals surface area contributed by atoms with Gasteiger partial charge in [-0.05, 0) is 93.2 Å². The maximum absolute atomic E-state index is 7.97. The summed E-state index contributed by atoms with van der Waals surface area (Å²) in [6.07, 6.45) is 9.24. The molecule has 0 aliphatic heterocycles. The van der Waals surface area contributed by atoms with Gasteiger partial charge in [0.05, 0.1) is 0 Å². The van der Waals surface area contributed by atoms with Crippen LogP contribution in [0.5, 0.6) is 0 Å². The molecule has 1 unspecified atom stereocenters. The van der Waals surface area contributed by atoms with Gasteiger partial charge in [-0.25, -0.2) is 0 Å². The van der Waals surface area contributed by atoms with Crippen molar-refractivity contribution in [1.29, 1.82) is 5.41 Å². The van der Waals surface area contributed by atoms with Crippen LogP contribution in [0.25, 0.3) is 17.2 Å². The summed E-state index contributed by atoms with van der Waals surface area (Å²) in [5, 5.41) is 11.4. The van der Waals surface area contributed by atoms with Crippen molar-refractivity contribution in [2.45, 2.75) is 25.2 Å². The Kier molecular flexibility index (Phi) is 9.58. The topological polar surface area (TPSA) is 35.9 Å². The molecule has 0 radical (unpaired) electrons. The van der Waals surface area contributed by atoms with Gasteiger partial charge in [-0.15, -0.1) is 11.8 Å². The van der Waals surface area contributed by atoms with Crippen LogP contribution in [0.15, 0.2) is 77.7 Å². The first-order valence-electron chi connectivity index (χ1n) is 10.5. The zero-order valence-corrected chi connectivity index (χ0v) is 22.6. The van der Waals surface area contributed by atoms with Crippen LogP contribution in [-0.2, 0) is 0 Å². The van der Waals surface area contributed by atoms with E-state index in [1.807, 2.05) is 6.92 Å². The Bertz CT molecular complexity index is 1140. The lowest BCUT2D eigenvalue weighted by atomic mass is 9.87. The molecule has 3 aromatic rings. The third-order valence-electron chi connectivity index (χ3n) is 5.32. The first-order chi connectivity index (χ1) is 15.7. The Hall–Kier alpha value is -1.88. The Morgan fingerprint density at radius 2 is 1.78 bits per heavy atom. The van der Waals surface area contributed by atoms with E-state index in [-0.39, 0.29) is 0 Å². The summed E-state index contributed by atoms with van der Waals surface area (Å²) in [5.74, 6) is 0. The van der Waals surface area contributed by atoms with E-state index < -0.39 is 0 Å². The van der Waals surface area contributed by atoms with Gasteiger partial charge in [0.15, 0.2) is 0 Å². The molecule has 0 heterocycles. The summed E-state index contributed by atoms with van der Waals surface area (Å²) in [6.45, 7) is 4.27. The third kappa shape index (κ3) is 5.72. The van der Waals surface area contributed by atoms with Crippen molar-refractivity contribution in [2.75, 3.05) is 11.3 Å². The van der Waals surface area contributed by atoms with Crippen molar-refractivity contribution < 1.29 is 0 Å². The second-order valence-corrected chi connectivity index (χ2v) is 10.1. The van der Waals surface area contributed by atoms with E-state index in [0.717, 1.165) is 23.2 Å². The molecule has 0 bridgehead atoms. The van der Waals surface area contributed by atoms with E-state index >= 15 is 0 Å². The minimum Gasteiger partial charge on any atom is -0.358 e. The summed E-state index contributed by atoms with van der Waals surface area (Å²) >= 11 is 4.10. The number of anilines is 1. The molecule has 0 saturated carbocycles. The maximum Gasteiger partial charge on any atom is 0.0465 e. The average molecular weight is 570 g/mol. The number of hydrogen-bond acceptors (Lipinski definition) is 3. The van der Waals surface area contributed by atoms with Gasteiger partial charge < -0.3 is 10.5 Å². The van der Waals surface area contributed by atoms with Crippen molar-refractivity contribution in [3.8, 4) is 0 Å². The molecule has 1 atom stereocenters. The molecule has 3 rings (SSSR count). The number of halogens is 1. The molecule has 32 heavy (non-hydrogen) atoms. The molecule has 164 valence electrons. The maximum atomic E-state index is 7.97. The predicted octanol–water partition coefficient (Wildman–Crippen LogP) is 9.16. The van der Waals surface area contributed by atoms with Crippen LogP contribution in [0, 0.1) is 5.41 Å². The van der Waals surface area contributed by atoms with Gasteiger partial charge in [-0.1, -0.05) is 67.6 Å². The predicted molar refractivity (Wildman–Crippen MR) is 156 cm³/mol. The van der Waals surface area contributed by atoms with Crippen LogP contribution >= 0.6 is 40.2 Å². The molecule has 3 aromatic carbocycles. The molecule has 2 N–H and O–H groups in total. The number of allylic oxidation sites excluding steroid dienone is 2. The largest absolute Gasteiger partial charge is 0.358 e. The van der Waals surface area contributed by atoms with Crippen molar-refractivity contribution >= 4 is 69.3 Å². The van der Waals surface area contributed by atoms with Crippen LogP contribution in [0.3, 0.4) is 0 Å². The quantitative estimate of drug-likeness (QED) is 0.0885. The number of benzene rings is 3. The number of nitrogens with one attached hydrogen (secondary N) is 2. The van der Waals surface area contributed by atoms with E-state index in [2.05, 4.69) is 119 Å². The van der Waals surface area contributed by atoms with Crippen LogP contribution in [-0.4, -0.2) is 12.5 Å². The highest BCUT2D eigenvalue weighted by molar-refractivity contribution is 14.2. The summed E-state index contributed by atoms with van der Waals surface area (Å²) in [6, 6.07) is 23.8. The molecule has 0 amide bonds. The first-order valence-corrected chi connectivity index (χ1v) is 15.9. The highest BCUT2D eigenvalue weighted by Gasteiger charge is 2.16. The molecular weight excluding hydrogens is 542 g/mol. The zero-order chi connectivity index (χ0) is 22.9. The lowest BCUT2D eigenvalue weighted by Gasteiger charge is -2.19. The van der Waals surface area contributed by atoms with Gasteiger partial charge in [0.2, 0.25) is 0 Å². The fourth-order valence-corrected chi connectivity index (χ4v) is 5.69. The monoisotopic (exact) mass is 570 g/mol. The molecule has 0 fully saturated rings. The van der Waals surface area contributed by atoms with Crippen molar-refractivity contribution in [3.63, 3.8) is 0 Å². The molecule has 5 heteroatoms. The second kappa shape index (κ2) is 12.4.